The summed E-state index contributed by atoms with van der Waals surface area (Å²) in [5, 5.41) is 8.27. The van der Waals surface area contributed by atoms with E-state index in [1.807, 2.05) is 0 Å². The third-order valence-corrected chi connectivity index (χ3v) is 4.06. The molecule has 0 radical (unpaired) electrons. The van der Waals surface area contributed by atoms with E-state index in [-0.39, 0.29) is 11.5 Å². The molecule has 5 nitrogen and oxygen atoms in total. The summed E-state index contributed by atoms with van der Waals surface area (Å²) in [6.07, 6.45) is -4.47. The van der Waals surface area contributed by atoms with Crippen LogP contribution in [0.1, 0.15) is 16.2 Å². The molecule has 2 heterocycles. The second-order valence-electron chi connectivity index (χ2n) is 4.78. The summed E-state index contributed by atoms with van der Waals surface area (Å²) in [5.41, 5.74) is -0.620. The summed E-state index contributed by atoms with van der Waals surface area (Å²) >= 11 is 1.35. The molecular weight excluding hydrogens is 341 g/mol. The molecule has 124 valence electrons. The number of hydrogen-bond donors (Lipinski definition) is 1. The highest BCUT2D eigenvalue weighted by molar-refractivity contribution is 7.13. The molecule has 0 aliphatic rings. The second kappa shape index (κ2) is 6.08. The zero-order chi connectivity index (χ0) is 17.3. The molecule has 1 aromatic carbocycles. The fourth-order valence-corrected chi connectivity index (χ4v) is 2.78. The molecule has 0 spiro atoms. The summed E-state index contributed by atoms with van der Waals surface area (Å²) in [4.78, 5) is 16.6. The molecule has 3 aromatic rings. The quantitative estimate of drug-likeness (QED) is 0.786. The van der Waals surface area contributed by atoms with Crippen LogP contribution in [-0.2, 0) is 6.18 Å². The van der Waals surface area contributed by atoms with Crippen LogP contribution in [0.5, 0.6) is 0 Å². The lowest BCUT2D eigenvalue weighted by molar-refractivity contribution is -0.137. The lowest BCUT2D eigenvalue weighted by Gasteiger charge is -2.09. The molecule has 0 fully saturated rings. The molecule has 0 aliphatic heterocycles. The van der Waals surface area contributed by atoms with Gasteiger partial charge >= 0.3 is 6.18 Å². The number of thiophene rings is 1. The summed E-state index contributed by atoms with van der Waals surface area (Å²) in [7, 11) is 1.43. The third kappa shape index (κ3) is 3.02. The number of benzene rings is 1. The number of hydrogen-bond acceptors (Lipinski definition) is 4. The Bertz CT molecular complexity index is 871. The van der Waals surface area contributed by atoms with Crippen LogP contribution in [0.4, 0.5) is 13.2 Å². The maximum atomic E-state index is 12.9. The number of carbonyl (C=O) groups excluding carboxylic acids is 1. The number of alkyl halides is 3. The Balaban J connectivity index is 2.16. The lowest BCUT2D eigenvalue weighted by atomic mass is 10.2. The molecule has 0 aliphatic carbocycles. The fraction of sp³-hybridized carbons (Fsp3) is 0.133. The number of aromatic nitrogens is 3. The second-order valence-corrected chi connectivity index (χ2v) is 5.72. The first-order valence-electron chi connectivity index (χ1n) is 6.81. The van der Waals surface area contributed by atoms with E-state index < -0.39 is 17.6 Å². The number of nitrogens with zero attached hydrogens (tertiary/aromatic N) is 3. The highest BCUT2D eigenvalue weighted by atomic mass is 32.1. The molecule has 0 saturated heterocycles. The Kier molecular flexibility index (Phi) is 4.10. The Morgan fingerprint density at radius 2 is 2.04 bits per heavy atom. The maximum Gasteiger partial charge on any atom is 0.416 e. The summed E-state index contributed by atoms with van der Waals surface area (Å²) in [5.74, 6) is -0.320. The van der Waals surface area contributed by atoms with Gasteiger partial charge in [-0.3, -0.25) is 4.79 Å². The average molecular weight is 352 g/mol. The van der Waals surface area contributed by atoms with Crippen LogP contribution in [0.2, 0.25) is 0 Å². The molecule has 0 saturated carbocycles. The first kappa shape index (κ1) is 16.2. The normalized spacial score (nSPS) is 11.5. The van der Waals surface area contributed by atoms with Crippen LogP contribution in [0, 0.1) is 0 Å². The van der Waals surface area contributed by atoms with Gasteiger partial charge in [0, 0.05) is 7.05 Å². The molecule has 0 unspecified atom stereocenters. The van der Waals surface area contributed by atoms with Gasteiger partial charge in [0.2, 0.25) is 5.82 Å². The van der Waals surface area contributed by atoms with Gasteiger partial charge in [0.25, 0.3) is 5.91 Å². The highest BCUT2D eigenvalue weighted by Crippen LogP contribution is 2.31. The van der Waals surface area contributed by atoms with Gasteiger partial charge in [-0.25, -0.2) is 9.67 Å². The number of halogens is 3. The van der Waals surface area contributed by atoms with E-state index in [0.717, 1.165) is 12.1 Å². The zero-order valence-corrected chi connectivity index (χ0v) is 13.1. The van der Waals surface area contributed by atoms with Crippen molar-refractivity contribution in [3.63, 3.8) is 0 Å². The molecule has 9 heteroatoms. The Morgan fingerprint density at radius 1 is 1.25 bits per heavy atom. The van der Waals surface area contributed by atoms with Crippen molar-refractivity contribution >= 4 is 17.2 Å². The third-order valence-electron chi connectivity index (χ3n) is 3.20. The fourth-order valence-electron chi connectivity index (χ4n) is 2.08. The predicted octanol–water partition coefficient (Wildman–Crippen LogP) is 3.37. The van der Waals surface area contributed by atoms with Gasteiger partial charge < -0.3 is 5.32 Å². The standard InChI is InChI=1S/C15H11F3N4OS/c1-19-14(23)12-20-13(11-6-3-7-24-11)22(21-12)10-5-2-4-9(8-10)15(16,17)18/h2-8H,1H3,(H,19,23). The molecule has 1 N–H and O–H groups in total. The maximum absolute atomic E-state index is 12.9. The van der Waals surface area contributed by atoms with E-state index in [2.05, 4.69) is 15.4 Å². The average Bonchev–Trinajstić information content (AvgIpc) is 3.22. The van der Waals surface area contributed by atoms with Crippen molar-refractivity contribution in [1.29, 1.82) is 0 Å². The van der Waals surface area contributed by atoms with Crippen LogP contribution in [0.25, 0.3) is 16.4 Å². The van der Waals surface area contributed by atoms with Crippen LogP contribution >= 0.6 is 11.3 Å². The largest absolute Gasteiger partial charge is 0.416 e. The van der Waals surface area contributed by atoms with Crippen LogP contribution in [0.3, 0.4) is 0 Å². The van der Waals surface area contributed by atoms with Gasteiger partial charge in [-0.1, -0.05) is 12.1 Å². The SMILES string of the molecule is CNC(=O)c1nc(-c2cccs2)n(-c2cccc(C(F)(F)F)c2)n1. The van der Waals surface area contributed by atoms with Crippen molar-refractivity contribution in [3.05, 3.63) is 53.2 Å². The summed E-state index contributed by atoms with van der Waals surface area (Å²) < 4.78 is 40.1. The number of carbonyl (C=O) groups is 1. The minimum atomic E-state index is -4.47. The summed E-state index contributed by atoms with van der Waals surface area (Å²) in [6, 6.07) is 8.26. The van der Waals surface area contributed by atoms with E-state index in [1.54, 1.807) is 17.5 Å². The van der Waals surface area contributed by atoms with Crippen molar-refractivity contribution in [1.82, 2.24) is 20.1 Å². The first-order valence-corrected chi connectivity index (χ1v) is 7.69. The van der Waals surface area contributed by atoms with Crippen molar-refractivity contribution in [2.75, 3.05) is 7.05 Å². The van der Waals surface area contributed by atoms with Crippen molar-refractivity contribution in [2.45, 2.75) is 6.18 Å². The van der Waals surface area contributed by atoms with E-state index in [1.165, 1.54) is 35.2 Å². The van der Waals surface area contributed by atoms with Crippen molar-refractivity contribution in [3.8, 4) is 16.4 Å². The van der Waals surface area contributed by atoms with Gasteiger partial charge in [0.15, 0.2) is 5.82 Å². The van der Waals surface area contributed by atoms with Crippen molar-refractivity contribution < 1.29 is 18.0 Å². The smallest absolute Gasteiger partial charge is 0.352 e. The molecular formula is C15H11F3N4OS. The van der Waals surface area contributed by atoms with Gasteiger partial charge in [-0.15, -0.1) is 16.4 Å². The number of amides is 1. The van der Waals surface area contributed by atoms with Crippen LogP contribution in [0.15, 0.2) is 41.8 Å². The summed E-state index contributed by atoms with van der Waals surface area (Å²) in [6.45, 7) is 0. The van der Waals surface area contributed by atoms with E-state index in [0.29, 0.717) is 10.7 Å². The van der Waals surface area contributed by atoms with E-state index >= 15 is 0 Å². The molecule has 2 aromatic heterocycles. The number of rotatable bonds is 3. The van der Waals surface area contributed by atoms with Gasteiger partial charge in [-0.05, 0) is 29.6 Å². The minimum absolute atomic E-state index is 0.113. The monoisotopic (exact) mass is 352 g/mol. The van der Waals surface area contributed by atoms with Crippen LogP contribution < -0.4 is 5.32 Å². The highest BCUT2D eigenvalue weighted by Gasteiger charge is 2.31. The minimum Gasteiger partial charge on any atom is -0.352 e. The Labute approximate surface area is 138 Å². The Morgan fingerprint density at radius 3 is 2.67 bits per heavy atom. The van der Waals surface area contributed by atoms with Crippen molar-refractivity contribution in [2.24, 2.45) is 0 Å². The molecule has 0 bridgehead atoms. The van der Waals surface area contributed by atoms with Gasteiger partial charge in [0.05, 0.1) is 16.1 Å². The van der Waals surface area contributed by atoms with Gasteiger partial charge in [-0.2, -0.15) is 13.2 Å². The van der Waals surface area contributed by atoms with E-state index in [4.69, 9.17) is 0 Å². The number of nitrogens with one attached hydrogen (secondary N) is 1. The topological polar surface area (TPSA) is 59.8 Å². The van der Waals surface area contributed by atoms with E-state index in [9.17, 15) is 18.0 Å². The van der Waals surface area contributed by atoms with Crippen LogP contribution in [-0.4, -0.2) is 27.7 Å². The Hall–Kier alpha value is -2.68. The van der Waals surface area contributed by atoms with Gasteiger partial charge in [0.1, 0.15) is 0 Å². The molecule has 24 heavy (non-hydrogen) atoms. The predicted molar refractivity (Wildman–Crippen MR) is 83.1 cm³/mol. The molecule has 0 atom stereocenters. The molecule has 1 amide bonds. The lowest BCUT2D eigenvalue weighted by Crippen LogP contribution is -2.19. The zero-order valence-electron chi connectivity index (χ0n) is 12.3. The molecule has 3 rings (SSSR count). The first-order chi connectivity index (χ1) is 11.4.